The number of aryl methyl sites for hydroxylation is 3. The topological polar surface area (TPSA) is 299 Å². The third-order valence-corrected chi connectivity index (χ3v) is 16.5. The van der Waals surface area contributed by atoms with E-state index in [0.717, 1.165) is 113 Å². The number of nitrogens with one attached hydrogen (secondary N) is 2. The Morgan fingerprint density at radius 2 is 0.931 bits per heavy atom. The van der Waals surface area contributed by atoms with E-state index in [1.165, 1.54) is 18.2 Å². The van der Waals surface area contributed by atoms with E-state index in [0.29, 0.717) is 88.6 Å². The van der Waals surface area contributed by atoms with E-state index in [-0.39, 0.29) is 17.1 Å². The van der Waals surface area contributed by atoms with Gasteiger partial charge in [-0.05, 0) is 187 Å². The lowest BCUT2D eigenvalue weighted by molar-refractivity contribution is -0.138. The fourth-order valence-corrected chi connectivity index (χ4v) is 11.6. The highest BCUT2D eigenvalue weighted by Crippen LogP contribution is 2.38. The summed E-state index contributed by atoms with van der Waals surface area (Å²) >= 11 is 12.6. The van der Waals surface area contributed by atoms with Crippen molar-refractivity contribution in [3.8, 4) is 16.9 Å². The van der Waals surface area contributed by atoms with Crippen molar-refractivity contribution in [2.24, 2.45) is 5.73 Å². The van der Waals surface area contributed by atoms with Crippen LogP contribution in [0.5, 0.6) is 5.75 Å². The minimum atomic E-state index is -4.48. The maximum absolute atomic E-state index is 13.3. The molecule has 11 N–H and O–H groups in total. The quantitative estimate of drug-likeness (QED) is 0.0340. The Kier molecular flexibility index (Phi) is 25.1. The van der Waals surface area contributed by atoms with Crippen LogP contribution in [0.15, 0.2) is 137 Å². The first-order valence-corrected chi connectivity index (χ1v) is 33.1. The number of hydrogen-bond acceptors (Lipinski definition) is 20. The first-order chi connectivity index (χ1) is 48.2. The van der Waals surface area contributed by atoms with Crippen molar-refractivity contribution in [1.29, 1.82) is 0 Å². The molecule has 539 valence electrons. The Balaban J connectivity index is 0.000000159. The highest BCUT2D eigenvalue weighted by Gasteiger charge is 2.34. The highest BCUT2D eigenvalue weighted by atomic mass is 79.9. The number of nitrogens with two attached hydrogens (primary N) is 4. The summed E-state index contributed by atoms with van der Waals surface area (Å²) in [7, 11) is 0.665. The molecular formula is C66H69BBr2ClF9N19O4. The molecule has 2 saturated heterocycles. The number of nitrogen functional groups attached to an aromatic ring is 3. The molecular weight excluding hydrogens is 1500 g/mol. The van der Waals surface area contributed by atoms with Crippen molar-refractivity contribution in [2.45, 2.75) is 78.2 Å². The Morgan fingerprint density at radius 1 is 0.529 bits per heavy atom. The molecule has 0 saturated carbocycles. The van der Waals surface area contributed by atoms with E-state index in [9.17, 15) is 39.5 Å². The molecule has 3 atom stereocenters. The van der Waals surface area contributed by atoms with Crippen LogP contribution in [0.4, 0.5) is 79.8 Å². The molecule has 8 aromatic heterocycles. The van der Waals surface area contributed by atoms with Crippen LogP contribution >= 0.6 is 43.5 Å². The second kappa shape index (κ2) is 33.2. The lowest BCUT2D eigenvalue weighted by Gasteiger charge is -2.27. The van der Waals surface area contributed by atoms with E-state index < -0.39 is 53.3 Å². The van der Waals surface area contributed by atoms with E-state index in [1.54, 1.807) is 85.8 Å². The predicted octanol–water partition coefficient (Wildman–Crippen LogP) is 13.9. The van der Waals surface area contributed by atoms with E-state index in [4.69, 9.17) is 53.7 Å². The number of rotatable bonds is 12. The van der Waals surface area contributed by atoms with Gasteiger partial charge in [0.15, 0.2) is 16.8 Å². The Morgan fingerprint density at radius 3 is 1.39 bits per heavy atom. The third-order valence-electron chi connectivity index (χ3n) is 15.4. The van der Waals surface area contributed by atoms with Gasteiger partial charge in [-0.3, -0.25) is 0 Å². The van der Waals surface area contributed by atoms with Crippen molar-refractivity contribution in [2.75, 3.05) is 90.2 Å². The number of nitrogens with zero attached hydrogens (tertiary/aromatic N) is 13. The van der Waals surface area contributed by atoms with Gasteiger partial charge in [0.25, 0.3) is 0 Å². The maximum Gasteiger partial charge on any atom is 0.569 e. The lowest BCUT2D eigenvalue weighted by Crippen LogP contribution is -2.36. The van der Waals surface area contributed by atoms with E-state index in [1.807, 2.05) is 42.7 Å². The van der Waals surface area contributed by atoms with Crippen LogP contribution < -0.4 is 48.0 Å². The van der Waals surface area contributed by atoms with Crippen LogP contribution in [0, 0.1) is 20.8 Å². The SMILES string of the molecule is C[C@@H](N)c1cc(N)cc(C(F)(F)F)c1.Cc1nc(Cl)c2cc(Br)cn2n1.Cc1nc(N[C@H](C)c2cc(N)cc(C(F)(F)F)c2)c2cc(-c3ccnc(N4CCOCC4)c3)cn2n1.Cc1nc(N[C@H](C)c2cc(N)cc(C(F)(F)F)c2)c2cc(Br)cn2n1.O[B]Oc1ccnc(N2CCOCC2)c1. The first kappa shape index (κ1) is 76.9. The number of morpholine rings is 2. The molecule has 0 aliphatic carbocycles. The first-order valence-electron chi connectivity index (χ1n) is 31.2. The van der Waals surface area contributed by atoms with Crippen LogP contribution in [0.1, 0.15) is 89.8 Å². The van der Waals surface area contributed by atoms with E-state index >= 15 is 0 Å². The van der Waals surface area contributed by atoms with Gasteiger partial charge < -0.3 is 62.5 Å². The zero-order valence-corrected chi connectivity index (χ0v) is 59.3. The number of hydrogen-bond donors (Lipinski definition) is 7. The second-order valence-electron chi connectivity index (χ2n) is 23.4. The number of fused-ring (bicyclic) bond motifs is 3. The fraction of sp³-hybridized carbons (Fsp3) is 0.303. The average molecular weight is 1570 g/mol. The predicted molar refractivity (Wildman–Crippen MR) is 380 cm³/mol. The number of alkyl halides is 9. The number of benzene rings is 3. The molecule has 23 nitrogen and oxygen atoms in total. The van der Waals surface area contributed by atoms with Crippen molar-refractivity contribution in [1.82, 2.24) is 53.8 Å². The summed E-state index contributed by atoms with van der Waals surface area (Å²) in [5, 5.41) is 28.3. The standard InChI is InChI=1S/C25H26F3N7O.C16H15BrF3N5.C9H12BN2O3.C9H11F3N2.C7H5BrClN3/c1-15(18-9-20(25(26,27)28)13-21(29)10-18)31-24-22-11-19(14-35(22)33-16(2)32-24)17-3-4-30-23(12-17)34-5-7-36-8-6-34;1-8(10-3-11(16(18,19)20)5-13(21)4-10)22-15-14-6-12(17)7-25(14)24-9(2)23-15;13-10-15-8-1-2-11-9(7-8)12-3-5-14-6-4-12;1-5(13)6-2-7(9(10,11)12)4-8(14)3-6;1-4-10-7(9)6-2-5(8)3-12(6)11-4/h3-4,9-15H,5-8,29H2,1-2H3,(H,31,32,33);3-8H,21H2,1-2H3,(H,22,23,24);1-2,7,13H,3-6H2;2-5H,13-14H2,1H3;2-3H,1H3/t15-;8-;;5-;/m11.1./s1. The van der Waals surface area contributed by atoms with Gasteiger partial charge in [-0.2, -0.15) is 54.8 Å². The highest BCUT2D eigenvalue weighted by molar-refractivity contribution is 9.10. The normalized spacial score (nSPS) is 14.2. The summed E-state index contributed by atoms with van der Waals surface area (Å²) in [4.78, 5) is 26.0. The summed E-state index contributed by atoms with van der Waals surface area (Å²) in [5.41, 5.74) is 25.4. The molecule has 36 heteroatoms. The van der Waals surface area contributed by atoms with Crippen LogP contribution in [0.3, 0.4) is 0 Å². The Labute approximate surface area is 601 Å². The summed E-state index contributed by atoms with van der Waals surface area (Å²) in [6, 6.07) is 22.2. The van der Waals surface area contributed by atoms with Crippen LogP contribution in [0.25, 0.3) is 27.7 Å². The Hall–Kier alpha value is -9.26. The molecule has 2 fully saturated rings. The molecule has 2 aliphatic heterocycles. The number of aromatic nitrogens is 11. The van der Waals surface area contributed by atoms with Gasteiger partial charge in [0.05, 0.1) is 55.2 Å². The third kappa shape index (κ3) is 20.7. The summed E-state index contributed by atoms with van der Waals surface area (Å²) in [6.07, 6.45) is -4.35. The summed E-state index contributed by atoms with van der Waals surface area (Å²) < 4.78 is 138. The number of pyridine rings is 2. The molecule has 13 rings (SSSR count). The number of anilines is 7. The van der Waals surface area contributed by atoms with Gasteiger partial charge in [0.2, 0.25) is 0 Å². The van der Waals surface area contributed by atoms with Gasteiger partial charge in [0.1, 0.15) is 51.4 Å². The Bertz CT molecular complexity index is 4690. The number of halogens is 12. The molecule has 1 radical (unpaired) electrons. The van der Waals surface area contributed by atoms with Crippen LogP contribution in [-0.2, 0) is 28.0 Å². The molecule has 10 heterocycles. The van der Waals surface area contributed by atoms with Crippen molar-refractivity contribution >= 4 is 108 Å². The van der Waals surface area contributed by atoms with Gasteiger partial charge >= 0.3 is 26.2 Å². The smallest absolute Gasteiger partial charge is 0.537 e. The lowest BCUT2D eigenvalue weighted by atomic mass is 10.0. The monoisotopic (exact) mass is 1570 g/mol. The molecule has 11 aromatic rings. The van der Waals surface area contributed by atoms with Gasteiger partial charge in [-0.1, -0.05) is 11.6 Å². The molecule has 3 aromatic carbocycles. The molecule has 0 unspecified atom stereocenters. The summed E-state index contributed by atoms with van der Waals surface area (Å²) in [6.45, 7) is 16.4. The molecule has 0 amide bonds. The minimum absolute atomic E-state index is 0.0521. The molecule has 0 spiro atoms. The largest absolute Gasteiger partial charge is 0.569 e. The maximum atomic E-state index is 13.3. The second-order valence-corrected chi connectivity index (χ2v) is 25.5. The fourth-order valence-electron chi connectivity index (χ4n) is 10.5. The molecule has 2 aliphatic rings. The molecule has 0 bridgehead atoms. The van der Waals surface area contributed by atoms with Crippen LogP contribution in [0.2, 0.25) is 5.15 Å². The summed E-state index contributed by atoms with van der Waals surface area (Å²) in [5.74, 6) is 5.06. The zero-order valence-electron chi connectivity index (χ0n) is 55.4. The number of ether oxygens (including phenoxy) is 2. The van der Waals surface area contributed by atoms with Gasteiger partial charge in [-0.15, -0.1) is 0 Å². The van der Waals surface area contributed by atoms with Crippen LogP contribution in [-0.4, -0.2) is 119 Å². The van der Waals surface area contributed by atoms with Crippen molar-refractivity contribution < 1.29 is 58.7 Å². The van der Waals surface area contributed by atoms with Crippen molar-refractivity contribution in [3.05, 3.63) is 193 Å². The minimum Gasteiger partial charge on any atom is -0.537 e. The molecule has 102 heavy (non-hydrogen) atoms. The van der Waals surface area contributed by atoms with E-state index in [2.05, 4.69) is 92.5 Å². The van der Waals surface area contributed by atoms with Gasteiger partial charge in [-0.25, -0.2) is 38.5 Å². The zero-order chi connectivity index (χ0) is 74.0. The van der Waals surface area contributed by atoms with Gasteiger partial charge in [0, 0.05) is 101 Å². The van der Waals surface area contributed by atoms with Crippen molar-refractivity contribution in [3.63, 3.8) is 0 Å². The average Bonchev–Trinajstić information content (AvgIpc) is 1.61.